The van der Waals surface area contributed by atoms with E-state index in [9.17, 15) is 0 Å². The van der Waals surface area contributed by atoms with Crippen LogP contribution in [-0.2, 0) is 0 Å². The minimum atomic E-state index is 0.264. The Kier molecular flexibility index (Phi) is 1.21. The first-order valence-corrected chi connectivity index (χ1v) is 5.32. The van der Waals surface area contributed by atoms with Crippen molar-refractivity contribution in [1.29, 1.82) is 0 Å². The molecule has 3 saturated carbocycles. The Hall–Kier alpha value is 0.290. The van der Waals surface area contributed by atoms with E-state index in [1.165, 1.54) is 38.5 Å². The normalized spacial score (nSPS) is 60.3. The van der Waals surface area contributed by atoms with E-state index in [-0.39, 0.29) is 4.87 Å². The Balaban J connectivity index is 1.97. The van der Waals surface area contributed by atoms with Crippen molar-refractivity contribution in [3.8, 4) is 0 Å². The van der Waals surface area contributed by atoms with Crippen molar-refractivity contribution in [1.82, 2.24) is 0 Å². The summed E-state index contributed by atoms with van der Waals surface area (Å²) in [5, 5.41) is 0. The van der Waals surface area contributed by atoms with E-state index in [2.05, 4.69) is 0 Å². The first-order valence-electron chi connectivity index (χ1n) is 4.94. The van der Waals surface area contributed by atoms with Gasteiger partial charge in [0.2, 0.25) is 0 Å². The monoisotopic (exact) mass is 170 g/mol. The predicted octanol–water partition coefficient (Wildman–Crippen LogP) is 3.19. The molecule has 0 N–H and O–H groups in total. The fourth-order valence-electron chi connectivity index (χ4n) is 3.83. The second kappa shape index (κ2) is 1.96. The highest BCUT2D eigenvalue weighted by Gasteiger charge is 2.50. The van der Waals surface area contributed by atoms with E-state index < -0.39 is 0 Å². The van der Waals surface area contributed by atoms with Crippen molar-refractivity contribution in [2.45, 2.75) is 43.4 Å². The fraction of sp³-hybridized carbons (Fsp3) is 1.00. The maximum atomic E-state index is 6.53. The van der Waals surface area contributed by atoms with Crippen LogP contribution in [0.25, 0.3) is 0 Å². The molecule has 3 aliphatic rings. The first kappa shape index (κ1) is 6.77. The van der Waals surface area contributed by atoms with Crippen molar-refractivity contribution < 1.29 is 0 Å². The van der Waals surface area contributed by atoms with Crippen LogP contribution < -0.4 is 0 Å². The lowest BCUT2D eigenvalue weighted by Crippen LogP contribution is -2.35. The smallest absolute Gasteiger partial charge is 0.0452 e. The summed E-state index contributed by atoms with van der Waals surface area (Å²) in [4.78, 5) is 0.264. The highest BCUT2D eigenvalue weighted by molar-refractivity contribution is 6.24. The lowest BCUT2D eigenvalue weighted by Gasteiger charge is -2.40. The molecule has 0 aromatic rings. The molecule has 0 aromatic carbocycles. The summed E-state index contributed by atoms with van der Waals surface area (Å²) in [7, 11) is 0. The summed E-state index contributed by atoms with van der Waals surface area (Å²) in [5.41, 5.74) is 0. The molecule has 3 bridgehead atoms. The van der Waals surface area contributed by atoms with E-state index in [4.69, 9.17) is 11.6 Å². The third-order valence-electron chi connectivity index (χ3n) is 4.18. The maximum Gasteiger partial charge on any atom is 0.0452 e. The average molecular weight is 171 g/mol. The van der Waals surface area contributed by atoms with Gasteiger partial charge in [0, 0.05) is 4.87 Å². The molecule has 3 aliphatic carbocycles. The largest absolute Gasteiger partial charge is 0.119 e. The van der Waals surface area contributed by atoms with Gasteiger partial charge in [-0.1, -0.05) is 0 Å². The highest BCUT2D eigenvalue weighted by Crippen LogP contribution is 2.58. The molecule has 0 radical (unpaired) electrons. The van der Waals surface area contributed by atoms with Crippen LogP contribution in [0.5, 0.6) is 0 Å². The van der Waals surface area contributed by atoms with Gasteiger partial charge in [-0.3, -0.25) is 0 Å². The Morgan fingerprint density at radius 3 is 2.82 bits per heavy atom. The molecule has 62 valence electrons. The van der Waals surface area contributed by atoms with Gasteiger partial charge in [0.05, 0.1) is 0 Å². The van der Waals surface area contributed by atoms with Gasteiger partial charge < -0.3 is 0 Å². The number of halogens is 1. The third kappa shape index (κ3) is 0.884. The first-order chi connectivity index (χ1) is 5.25. The molecule has 0 saturated heterocycles. The van der Waals surface area contributed by atoms with Gasteiger partial charge in [-0.2, -0.15) is 0 Å². The summed E-state index contributed by atoms with van der Waals surface area (Å²) in [6, 6.07) is 0. The molecule has 0 heterocycles. The van der Waals surface area contributed by atoms with Crippen molar-refractivity contribution in [2.24, 2.45) is 17.8 Å². The number of rotatable bonds is 0. The maximum absolute atomic E-state index is 6.53. The second-order valence-corrected chi connectivity index (χ2v) is 5.76. The molecule has 11 heavy (non-hydrogen) atoms. The van der Waals surface area contributed by atoms with Crippen LogP contribution in [0.1, 0.15) is 38.5 Å². The summed E-state index contributed by atoms with van der Waals surface area (Å²) < 4.78 is 0. The minimum Gasteiger partial charge on any atom is -0.119 e. The van der Waals surface area contributed by atoms with Crippen LogP contribution in [0.3, 0.4) is 0 Å². The van der Waals surface area contributed by atoms with E-state index in [0.717, 1.165) is 17.8 Å². The molecule has 0 aliphatic heterocycles. The van der Waals surface area contributed by atoms with Gasteiger partial charge in [-0.25, -0.2) is 0 Å². The van der Waals surface area contributed by atoms with Crippen molar-refractivity contribution in [3.05, 3.63) is 0 Å². The summed E-state index contributed by atoms with van der Waals surface area (Å²) in [6.07, 6.45) is 8.45. The van der Waals surface area contributed by atoms with E-state index in [1.807, 2.05) is 0 Å². The highest BCUT2D eigenvalue weighted by atomic mass is 35.5. The molecule has 4 atom stereocenters. The fourth-order valence-corrected chi connectivity index (χ4v) is 4.35. The zero-order valence-corrected chi connectivity index (χ0v) is 7.61. The standard InChI is InChI=1S/C10H15Cl/c11-10-2-1-8-3-7(5-10)4-9(8)6-10/h7-9H,1-6H2. The van der Waals surface area contributed by atoms with E-state index in [0.29, 0.717) is 0 Å². The van der Waals surface area contributed by atoms with Crippen molar-refractivity contribution >= 4 is 11.6 Å². The molecule has 3 rings (SSSR count). The molecule has 4 unspecified atom stereocenters. The van der Waals surface area contributed by atoms with Crippen molar-refractivity contribution in [2.75, 3.05) is 0 Å². The topological polar surface area (TPSA) is 0 Å². The molecule has 0 spiro atoms. The van der Waals surface area contributed by atoms with E-state index >= 15 is 0 Å². The molecule has 0 aromatic heterocycles. The predicted molar refractivity (Wildman–Crippen MR) is 46.8 cm³/mol. The Bertz CT molecular complexity index is 185. The Labute approximate surface area is 73.3 Å². The van der Waals surface area contributed by atoms with Gasteiger partial charge in [-0.05, 0) is 56.3 Å². The SMILES string of the molecule is ClC12CCC3CC(CC3C1)C2. The van der Waals surface area contributed by atoms with E-state index in [1.54, 1.807) is 0 Å². The quantitative estimate of drug-likeness (QED) is 0.490. The van der Waals surface area contributed by atoms with Gasteiger partial charge in [0.15, 0.2) is 0 Å². The van der Waals surface area contributed by atoms with Gasteiger partial charge in [0.1, 0.15) is 0 Å². The van der Waals surface area contributed by atoms with Gasteiger partial charge in [-0.15, -0.1) is 11.6 Å². The van der Waals surface area contributed by atoms with Crippen LogP contribution >= 0.6 is 11.6 Å². The third-order valence-corrected chi connectivity index (χ3v) is 4.68. The molecule has 3 fully saturated rings. The molecular formula is C10H15Cl. The van der Waals surface area contributed by atoms with Gasteiger partial charge >= 0.3 is 0 Å². The van der Waals surface area contributed by atoms with Crippen LogP contribution in [0.2, 0.25) is 0 Å². The lowest BCUT2D eigenvalue weighted by molar-refractivity contribution is 0.198. The number of hydrogen-bond donors (Lipinski definition) is 0. The summed E-state index contributed by atoms with van der Waals surface area (Å²) in [6.45, 7) is 0. The van der Waals surface area contributed by atoms with Crippen LogP contribution in [-0.4, -0.2) is 4.87 Å². The summed E-state index contributed by atoms with van der Waals surface area (Å²) >= 11 is 6.53. The lowest BCUT2D eigenvalue weighted by atomic mass is 9.72. The number of fused-ring (bicyclic) bond motifs is 2. The Morgan fingerprint density at radius 1 is 1.09 bits per heavy atom. The zero-order chi connectivity index (χ0) is 7.47. The second-order valence-electron chi connectivity index (χ2n) is 4.96. The van der Waals surface area contributed by atoms with Crippen LogP contribution in [0.15, 0.2) is 0 Å². The summed E-state index contributed by atoms with van der Waals surface area (Å²) in [5.74, 6) is 3.12. The minimum absolute atomic E-state index is 0.264. The van der Waals surface area contributed by atoms with Crippen LogP contribution in [0.4, 0.5) is 0 Å². The molecular weight excluding hydrogens is 156 g/mol. The molecule has 0 amide bonds. The average Bonchev–Trinajstić information content (AvgIpc) is 2.15. The molecule has 1 heteroatoms. The van der Waals surface area contributed by atoms with Crippen molar-refractivity contribution in [3.63, 3.8) is 0 Å². The van der Waals surface area contributed by atoms with Crippen LogP contribution in [0, 0.1) is 17.8 Å². The zero-order valence-electron chi connectivity index (χ0n) is 6.85. The number of hydrogen-bond acceptors (Lipinski definition) is 0. The number of alkyl halides is 1. The van der Waals surface area contributed by atoms with Gasteiger partial charge in [0.25, 0.3) is 0 Å². The molecule has 0 nitrogen and oxygen atoms in total. The Morgan fingerprint density at radius 2 is 1.91 bits per heavy atom.